The molecule has 0 amide bonds. The predicted octanol–water partition coefficient (Wildman–Crippen LogP) is 2.37. The molecule has 0 saturated heterocycles. The van der Waals surface area contributed by atoms with Gasteiger partial charge in [0.1, 0.15) is 6.29 Å². The zero-order chi connectivity index (χ0) is 14.6. The van der Waals surface area contributed by atoms with Crippen LogP contribution in [0.1, 0.15) is 40.5 Å². The highest BCUT2D eigenvalue weighted by atomic mass is 16.5. The zero-order valence-electron chi connectivity index (χ0n) is 13.1. The van der Waals surface area contributed by atoms with E-state index >= 15 is 0 Å². The van der Waals surface area contributed by atoms with E-state index in [0.717, 1.165) is 52.0 Å². The van der Waals surface area contributed by atoms with E-state index in [1.54, 1.807) is 0 Å². The van der Waals surface area contributed by atoms with Gasteiger partial charge in [0.05, 0.1) is 13.2 Å². The van der Waals surface area contributed by atoms with Crippen molar-refractivity contribution in [3.63, 3.8) is 0 Å². The molecule has 0 aromatic heterocycles. The monoisotopic (exact) mass is 273 g/mol. The molecular weight excluding hydrogens is 242 g/mol. The van der Waals surface area contributed by atoms with Gasteiger partial charge < -0.3 is 14.3 Å². The highest BCUT2D eigenvalue weighted by Crippen LogP contribution is 2.21. The molecule has 0 aromatic rings. The van der Waals surface area contributed by atoms with Crippen molar-refractivity contribution >= 4 is 6.29 Å². The molecule has 0 aliphatic carbocycles. The largest absolute Gasteiger partial charge is 0.380 e. The lowest BCUT2D eigenvalue weighted by Gasteiger charge is -2.31. The van der Waals surface area contributed by atoms with Crippen LogP contribution in [0, 0.1) is 5.41 Å². The highest BCUT2D eigenvalue weighted by Gasteiger charge is 2.25. The lowest BCUT2D eigenvalue weighted by atomic mass is 9.86. The van der Waals surface area contributed by atoms with Gasteiger partial charge in [-0.3, -0.25) is 4.90 Å². The molecule has 0 aromatic carbocycles. The Hall–Kier alpha value is -0.450. The standard InChI is InChI=1S/C15H31NO3/c1-5-8-15(4,14-17)13-16(9-11-18-6-2)10-12-19-7-3/h14H,5-13H2,1-4H3. The Morgan fingerprint density at radius 3 is 1.95 bits per heavy atom. The van der Waals surface area contributed by atoms with E-state index in [1.807, 2.05) is 20.8 Å². The quantitative estimate of drug-likeness (QED) is 0.381. The van der Waals surface area contributed by atoms with Crippen molar-refractivity contribution in [2.45, 2.75) is 40.5 Å². The van der Waals surface area contributed by atoms with Gasteiger partial charge >= 0.3 is 0 Å². The van der Waals surface area contributed by atoms with Gasteiger partial charge in [-0.2, -0.15) is 0 Å². The van der Waals surface area contributed by atoms with Gasteiger partial charge in [-0.1, -0.05) is 20.3 Å². The maximum atomic E-state index is 11.3. The molecule has 4 heteroatoms. The molecule has 0 aliphatic rings. The maximum absolute atomic E-state index is 11.3. The lowest BCUT2D eigenvalue weighted by molar-refractivity contribution is -0.117. The average Bonchev–Trinajstić information content (AvgIpc) is 2.39. The molecule has 0 bridgehead atoms. The van der Waals surface area contributed by atoms with Crippen LogP contribution in [-0.4, -0.2) is 57.2 Å². The molecular formula is C15H31NO3. The van der Waals surface area contributed by atoms with Crippen molar-refractivity contribution in [2.24, 2.45) is 5.41 Å². The Labute approximate surface area is 118 Å². The van der Waals surface area contributed by atoms with E-state index in [9.17, 15) is 4.79 Å². The van der Waals surface area contributed by atoms with E-state index in [2.05, 4.69) is 11.8 Å². The third kappa shape index (κ3) is 9.14. The third-order valence-electron chi connectivity index (χ3n) is 3.20. The normalized spacial score (nSPS) is 14.6. The molecule has 4 nitrogen and oxygen atoms in total. The van der Waals surface area contributed by atoms with Crippen LogP contribution in [0.15, 0.2) is 0 Å². The number of hydrogen-bond acceptors (Lipinski definition) is 4. The Morgan fingerprint density at radius 2 is 1.58 bits per heavy atom. The molecule has 1 atom stereocenters. The molecule has 114 valence electrons. The summed E-state index contributed by atoms with van der Waals surface area (Å²) in [6.07, 6.45) is 3.06. The van der Waals surface area contributed by atoms with Crippen LogP contribution in [0.5, 0.6) is 0 Å². The second-order valence-corrected chi connectivity index (χ2v) is 5.19. The molecule has 0 fully saturated rings. The van der Waals surface area contributed by atoms with Crippen LogP contribution in [0.2, 0.25) is 0 Å². The van der Waals surface area contributed by atoms with Gasteiger partial charge in [0.15, 0.2) is 0 Å². The molecule has 0 aliphatic heterocycles. The minimum absolute atomic E-state index is 0.257. The summed E-state index contributed by atoms with van der Waals surface area (Å²) in [6.45, 7) is 13.5. The SMILES string of the molecule is CCCC(C)(C=O)CN(CCOCC)CCOCC. The topological polar surface area (TPSA) is 38.8 Å². The summed E-state index contributed by atoms with van der Waals surface area (Å²) in [4.78, 5) is 13.6. The fourth-order valence-corrected chi connectivity index (χ4v) is 2.20. The minimum atomic E-state index is -0.257. The van der Waals surface area contributed by atoms with Crippen molar-refractivity contribution in [3.8, 4) is 0 Å². The van der Waals surface area contributed by atoms with Gasteiger partial charge in [-0.05, 0) is 20.3 Å². The number of nitrogens with zero attached hydrogens (tertiary/aromatic N) is 1. The lowest BCUT2D eigenvalue weighted by Crippen LogP contribution is -2.40. The van der Waals surface area contributed by atoms with E-state index in [1.165, 1.54) is 0 Å². The van der Waals surface area contributed by atoms with Crippen LogP contribution in [0.25, 0.3) is 0 Å². The summed E-state index contributed by atoms with van der Waals surface area (Å²) < 4.78 is 10.8. The van der Waals surface area contributed by atoms with E-state index in [-0.39, 0.29) is 5.41 Å². The van der Waals surface area contributed by atoms with Gasteiger partial charge in [-0.25, -0.2) is 0 Å². The van der Waals surface area contributed by atoms with Gasteiger partial charge in [0.2, 0.25) is 0 Å². The van der Waals surface area contributed by atoms with Crippen LogP contribution in [0.4, 0.5) is 0 Å². The first-order chi connectivity index (χ1) is 9.11. The Balaban J connectivity index is 4.31. The summed E-state index contributed by atoms with van der Waals surface area (Å²) in [7, 11) is 0. The highest BCUT2D eigenvalue weighted by molar-refractivity contribution is 5.58. The molecule has 0 radical (unpaired) electrons. The van der Waals surface area contributed by atoms with E-state index in [4.69, 9.17) is 9.47 Å². The molecule has 1 unspecified atom stereocenters. The smallest absolute Gasteiger partial charge is 0.127 e. The van der Waals surface area contributed by atoms with Crippen LogP contribution in [-0.2, 0) is 14.3 Å². The van der Waals surface area contributed by atoms with E-state index < -0.39 is 0 Å². The molecule has 0 heterocycles. The third-order valence-corrected chi connectivity index (χ3v) is 3.20. The van der Waals surface area contributed by atoms with Gasteiger partial charge in [0.25, 0.3) is 0 Å². The molecule has 0 rings (SSSR count). The number of hydrogen-bond donors (Lipinski definition) is 0. The van der Waals surface area contributed by atoms with Gasteiger partial charge in [-0.15, -0.1) is 0 Å². The summed E-state index contributed by atoms with van der Waals surface area (Å²) in [5.41, 5.74) is -0.257. The Kier molecular flexibility index (Phi) is 11.1. The Morgan fingerprint density at radius 1 is 1.05 bits per heavy atom. The second-order valence-electron chi connectivity index (χ2n) is 5.19. The van der Waals surface area contributed by atoms with Crippen molar-refractivity contribution in [3.05, 3.63) is 0 Å². The van der Waals surface area contributed by atoms with Crippen molar-refractivity contribution in [2.75, 3.05) is 46.1 Å². The molecule has 0 saturated carbocycles. The first kappa shape index (κ1) is 18.6. The number of ether oxygens (including phenoxy) is 2. The minimum Gasteiger partial charge on any atom is -0.380 e. The second kappa shape index (κ2) is 11.4. The van der Waals surface area contributed by atoms with Crippen LogP contribution < -0.4 is 0 Å². The van der Waals surface area contributed by atoms with Crippen molar-refractivity contribution < 1.29 is 14.3 Å². The molecule has 19 heavy (non-hydrogen) atoms. The molecule has 0 N–H and O–H groups in total. The first-order valence-electron chi connectivity index (χ1n) is 7.46. The summed E-state index contributed by atoms with van der Waals surface area (Å²) in [5, 5.41) is 0. The van der Waals surface area contributed by atoms with Crippen LogP contribution in [0.3, 0.4) is 0 Å². The van der Waals surface area contributed by atoms with Crippen LogP contribution >= 0.6 is 0 Å². The Bertz CT molecular complexity index is 213. The first-order valence-corrected chi connectivity index (χ1v) is 7.46. The van der Waals surface area contributed by atoms with E-state index in [0.29, 0.717) is 13.2 Å². The average molecular weight is 273 g/mol. The summed E-state index contributed by atoms with van der Waals surface area (Å²) in [6, 6.07) is 0. The number of carbonyl (C=O) groups is 1. The number of carbonyl (C=O) groups excluding carboxylic acids is 1. The predicted molar refractivity (Wildman–Crippen MR) is 78.5 cm³/mol. The number of rotatable bonds is 13. The fraction of sp³-hybridized carbons (Fsp3) is 0.933. The summed E-state index contributed by atoms with van der Waals surface area (Å²) in [5.74, 6) is 0. The zero-order valence-corrected chi connectivity index (χ0v) is 13.1. The molecule has 0 spiro atoms. The van der Waals surface area contributed by atoms with Gasteiger partial charge in [0, 0.05) is 38.3 Å². The van der Waals surface area contributed by atoms with Crippen molar-refractivity contribution in [1.82, 2.24) is 4.90 Å². The number of aldehydes is 1. The fourth-order valence-electron chi connectivity index (χ4n) is 2.20. The van der Waals surface area contributed by atoms with Crippen molar-refractivity contribution in [1.29, 1.82) is 0 Å². The summed E-state index contributed by atoms with van der Waals surface area (Å²) >= 11 is 0. The maximum Gasteiger partial charge on any atom is 0.127 e.